The second kappa shape index (κ2) is 12.1. The van der Waals surface area contributed by atoms with Crippen LogP contribution >= 0.6 is 7.26 Å². The van der Waals surface area contributed by atoms with E-state index in [-0.39, 0.29) is 12.3 Å². The Bertz CT molecular complexity index is 1240. The van der Waals surface area contributed by atoms with Gasteiger partial charge in [-0.3, -0.25) is 0 Å². The summed E-state index contributed by atoms with van der Waals surface area (Å²) in [5.41, 5.74) is 6.16. The quantitative estimate of drug-likeness (QED) is 0.263. The summed E-state index contributed by atoms with van der Waals surface area (Å²) < 4.78 is 5.15. The molecule has 0 aliphatic rings. The van der Waals surface area contributed by atoms with Gasteiger partial charge in [-0.25, -0.2) is 0 Å². The molecule has 0 bridgehead atoms. The zero-order valence-corrected chi connectivity index (χ0v) is 23.1. The van der Waals surface area contributed by atoms with Crippen LogP contribution in [-0.2, 0) is 22.1 Å². The van der Waals surface area contributed by atoms with E-state index in [0.717, 1.165) is 11.7 Å². The van der Waals surface area contributed by atoms with E-state index in [2.05, 4.69) is 114 Å². The number of rotatable bonds is 7. The Balaban J connectivity index is 1.57. The van der Waals surface area contributed by atoms with Gasteiger partial charge in [0.1, 0.15) is 0 Å². The predicted octanol–water partition coefficient (Wildman–Crippen LogP) is 5.01. The van der Waals surface area contributed by atoms with Gasteiger partial charge in [0.2, 0.25) is 0 Å². The zero-order chi connectivity index (χ0) is 27.0. The van der Waals surface area contributed by atoms with Gasteiger partial charge in [0.15, 0.2) is 0 Å². The number of hydrogen-bond donors (Lipinski definition) is 2. The van der Waals surface area contributed by atoms with E-state index in [1.165, 1.54) is 21.5 Å². The van der Waals surface area contributed by atoms with Gasteiger partial charge in [0.05, 0.1) is 0 Å². The maximum atomic E-state index is 12.4. The fourth-order valence-corrected chi connectivity index (χ4v) is 9.45. The van der Waals surface area contributed by atoms with E-state index in [9.17, 15) is 9.59 Å². The molecule has 2 N–H and O–H groups in total. The average Bonchev–Trinajstić information content (AvgIpc) is 2.92. The van der Waals surface area contributed by atoms with Gasteiger partial charge in [-0.05, 0) is 20.8 Å². The van der Waals surface area contributed by atoms with Crippen molar-refractivity contribution >= 4 is 35.2 Å². The molecule has 0 aliphatic heterocycles. The van der Waals surface area contributed by atoms with Crippen molar-refractivity contribution in [2.45, 2.75) is 39.0 Å². The van der Waals surface area contributed by atoms with Gasteiger partial charge in [0.25, 0.3) is 0 Å². The van der Waals surface area contributed by atoms with E-state index in [1.54, 1.807) is 20.8 Å². The monoisotopic (exact) mass is 526 g/mol. The van der Waals surface area contributed by atoms with Crippen LogP contribution in [0.5, 0.6) is 0 Å². The third-order valence-electron chi connectivity index (χ3n) is 6.36. The maximum absolute atomic E-state index is 12.4. The van der Waals surface area contributed by atoms with Crippen molar-refractivity contribution in [3.63, 3.8) is 0 Å². The molecule has 0 spiro atoms. The molecule has 0 unspecified atom stereocenters. The molecule has 0 fully saturated rings. The number of ether oxygens (including phenoxy) is 1. The number of nitrogens with one attached hydrogen (secondary N) is 2. The van der Waals surface area contributed by atoms with Crippen LogP contribution in [0.4, 0.5) is 4.79 Å². The van der Waals surface area contributed by atoms with E-state index < -0.39 is 19.0 Å². The van der Waals surface area contributed by atoms with E-state index >= 15 is 0 Å². The Labute approximate surface area is 225 Å². The molecule has 0 saturated carbocycles. The summed E-state index contributed by atoms with van der Waals surface area (Å²) in [6.45, 7) is 5.29. The topological polar surface area (TPSA) is 67.4 Å². The number of carbonyl (C=O) groups excluding carboxylic acids is 2. The number of benzene rings is 4. The Morgan fingerprint density at radius 2 is 1.05 bits per heavy atom. The molecule has 38 heavy (non-hydrogen) atoms. The summed E-state index contributed by atoms with van der Waals surface area (Å²) in [6, 6.07) is 40.6. The van der Waals surface area contributed by atoms with Crippen molar-refractivity contribution in [3.05, 3.63) is 126 Å². The first-order valence-corrected chi connectivity index (χ1v) is 15.0. The SMILES string of the molecule is CC(C)(C)OC(=O)NNC(=O)Cc1ccc(C[PH](c2ccccc2)(c2ccccc2)c2ccccc2)cc1. The van der Waals surface area contributed by atoms with Crippen LogP contribution in [0.1, 0.15) is 31.9 Å². The first-order chi connectivity index (χ1) is 18.3. The molecule has 4 rings (SSSR count). The standard InChI is InChI=1S/C32H35N2O3P/c1-32(2,3)37-31(36)34-33-30(35)23-25-19-21-26(22-20-25)24-38(27-13-7-4-8-14-27,28-15-9-5-10-16-28)29-17-11-6-12-18-29/h4-22,38H,23-24H2,1-3H3,(H,33,35)(H,34,36). The Morgan fingerprint density at radius 1 is 0.632 bits per heavy atom. The predicted molar refractivity (Wildman–Crippen MR) is 158 cm³/mol. The van der Waals surface area contributed by atoms with Gasteiger partial charge >= 0.3 is 205 Å². The van der Waals surface area contributed by atoms with Crippen molar-refractivity contribution in [1.29, 1.82) is 0 Å². The number of hydrogen-bond acceptors (Lipinski definition) is 3. The minimum atomic E-state index is -2.40. The van der Waals surface area contributed by atoms with Crippen LogP contribution < -0.4 is 26.8 Å². The molecule has 0 saturated heterocycles. The molecule has 2 amide bonds. The Kier molecular flexibility index (Phi) is 8.60. The van der Waals surface area contributed by atoms with Crippen LogP contribution in [-0.4, -0.2) is 17.6 Å². The Hall–Kier alpha value is -3.95. The summed E-state index contributed by atoms with van der Waals surface area (Å²) >= 11 is 0. The molecule has 196 valence electrons. The van der Waals surface area contributed by atoms with Crippen molar-refractivity contribution in [3.8, 4) is 0 Å². The van der Waals surface area contributed by atoms with Crippen molar-refractivity contribution in [2.24, 2.45) is 0 Å². The van der Waals surface area contributed by atoms with Gasteiger partial charge < -0.3 is 0 Å². The first kappa shape index (κ1) is 27.1. The van der Waals surface area contributed by atoms with Gasteiger partial charge in [-0.15, -0.1) is 0 Å². The molecular formula is C32H35N2O3P. The second-order valence-electron chi connectivity index (χ2n) is 10.3. The molecule has 0 aliphatic carbocycles. The summed E-state index contributed by atoms with van der Waals surface area (Å²) in [7, 11) is -2.40. The molecule has 6 heteroatoms. The fourth-order valence-electron chi connectivity index (χ4n) is 4.71. The summed E-state index contributed by atoms with van der Waals surface area (Å²) in [6.07, 6.45) is 0.345. The molecule has 4 aromatic carbocycles. The number of carbonyl (C=O) groups is 2. The zero-order valence-electron chi connectivity index (χ0n) is 22.1. The molecule has 0 radical (unpaired) electrons. The van der Waals surface area contributed by atoms with Crippen LogP contribution in [0.2, 0.25) is 0 Å². The van der Waals surface area contributed by atoms with Gasteiger partial charge in [0, 0.05) is 0 Å². The average molecular weight is 527 g/mol. The van der Waals surface area contributed by atoms with Gasteiger partial charge in [-0.1, -0.05) is 0 Å². The van der Waals surface area contributed by atoms with E-state index in [1.807, 2.05) is 12.1 Å². The molecule has 0 heterocycles. The first-order valence-electron chi connectivity index (χ1n) is 12.8. The van der Waals surface area contributed by atoms with E-state index in [0.29, 0.717) is 0 Å². The molecule has 0 aromatic heterocycles. The summed E-state index contributed by atoms with van der Waals surface area (Å²) in [5.74, 6) is -0.315. The number of amides is 2. The Morgan fingerprint density at radius 3 is 1.47 bits per heavy atom. The molecular weight excluding hydrogens is 491 g/mol. The molecule has 5 nitrogen and oxygen atoms in total. The molecule has 4 aromatic rings. The van der Waals surface area contributed by atoms with Crippen LogP contribution in [0.3, 0.4) is 0 Å². The normalized spacial score (nSPS) is 11.9. The van der Waals surface area contributed by atoms with Crippen molar-refractivity contribution in [2.75, 3.05) is 0 Å². The van der Waals surface area contributed by atoms with E-state index in [4.69, 9.17) is 4.74 Å². The van der Waals surface area contributed by atoms with Crippen LogP contribution in [0.15, 0.2) is 115 Å². The van der Waals surface area contributed by atoms with Crippen LogP contribution in [0.25, 0.3) is 0 Å². The summed E-state index contributed by atoms with van der Waals surface area (Å²) in [4.78, 5) is 24.2. The minimum absolute atomic E-state index is 0.148. The summed E-state index contributed by atoms with van der Waals surface area (Å²) in [5, 5.41) is 4.07. The van der Waals surface area contributed by atoms with Crippen LogP contribution in [0, 0.1) is 0 Å². The number of hydrazine groups is 1. The molecule has 0 atom stereocenters. The van der Waals surface area contributed by atoms with Gasteiger partial charge in [-0.2, -0.15) is 0 Å². The second-order valence-corrected chi connectivity index (χ2v) is 14.2. The van der Waals surface area contributed by atoms with Crippen molar-refractivity contribution < 1.29 is 14.3 Å². The third-order valence-corrected chi connectivity index (χ3v) is 11.3. The fraction of sp³-hybridized carbons (Fsp3) is 0.188. The third kappa shape index (κ3) is 6.87. The van der Waals surface area contributed by atoms with Crippen molar-refractivity contribution in [1.82, 2.24) is 10.9 Å².